The van der Waals surface area contributed by atoms with E-state index in [0.29, 0.717) is 24.7 Å². The molecular weight excluding hydrogens is 417 g/mol. The highest BCUT2D eigenvalue weighted by Gasteiger charge is 2.04. The van der Waals surface area contributed by atoms with E-state index < -0.39 is 0 Å². The Bertz CT molecular complexity index is 519. The topological polar surface area (TPSA) is 78.4 Å². The van der Waals surface area contributed by atoms with E-state index in [1.165, 1.54) is 0 Å². The molecule has 0 spiro atoms. The molecule has 0 radical (unpaired) electrons. The molecule has 1 aromatic rings. The fraction of sp³-hybridized carbons (Fsp3) is 0.588. The Kier molecular flexibility index (Phi) is 12.2. The number of nitrogens with zero attached hydrogens (tertiary/aromatic N) is 2. The molecule has 7 heteroatoms. The third-order valence-electron chi connectivity index (χ3n) is 3.12. The molecule has 136 valence electrons. The zero-order chi connectivity index (χ0) is 17.1. The van der Waals surface area contributed by atoms with Crippen LogP contribution in [0.4, 0.5) is 5.82 Å². The number of pyridine rings is 1. The summed E-state index contributed by atoms with van der Waals surface area (Å²) in [6.45, 7) is 10.4. The number of guanidine groups is 1. The van der Waals surface area contributed by atoms with E-state index in [1.54, 1.807) is 6.07 Å². The Labute approximate surface area is 162 Å². The molecule has 0 bridgehead atoms. The Morgan fingerprint density at radius 2 is 2.04 bits per heavy atom. The molecule has 1 aromatic heterocycles. The molecule has 0 fully saturated rings. The van der Waals surface area contributed by atoms with E-state index in [1.807, 2.05) is 26.0 Å². The first-order chi connectivity index (χ1) is 11.0. The number of aliphatic imine (C=N–C) groups is 1. The fourth-order valence-corrected chi connectivity index (χ4v) is 1.89. The summed E-state index contributed by atoms with van der Waals surface area (Å²) in [6.07, 6.45) is 1.42. The number of hydrogen-bond acceptors (Lipinski definition) is 3. The van der Waals surface area contributed by atoms with Crippen molar-refractivity contribution >= 4 is 41.7 Å². The van der Waals surface area contributed by atoms with Crippen molar-refractivity contribution in [3.8, 4) is 0 Å². The normalized spacial score (nSPS) is 11.0. The molecule has 0 unspecified atom stereocenters. The lowest BCUT2D eigenvalue weighted by atomic mass is 10.1. The summed E-state index contributed by atoms with van der Waals surface area (Å²) in [6, 6.07) is 5.56. The number of anilines is 1. The summed E-state index contributed by atoms with van der Waals surface area (Å²) in [5.41, 5.74) is 0.882. The minimum absolute atomic E-state index is 0. The molecule has 0 atom stereocenters. The Hall–Kier alpha value is -1.38. The second-order valence-electron chi connectivity index (χ2n) is 5.83. The second-order valence-corrected chi connectivity index (χ2v) is 5.83. The highest BCUT2D eigenvalue weighted by atomic mass is 127. The number of carbonyl (C=O) groups is 1. The maximum absolute atomic E-state index is 11.9. The van der Waals surface area contributed by atoms with Gasteiger partial charge in [-0.1, -0.05) is 19.9 Å². The zero-order valence-corrected chi connectivity index (χ0v) is 17.4. The van der Waals surface area contributed by atoms with Crippen LogP contribution in [0.15, 0.2) is 23.2 Å². The number of aromatic nitrogens is 1. The SMILES string of the molecule is CCNC(=NCCC(C)C)NCCC(=O)Nc1cccc(C)n1.I. The predicted molar refractivity (Wildman–Crippen MR) is 111 cm³/mol. The van der Waals surface area contributed by atoms with Gasteiger partial charge in [0.05, 0.1) is 0 Å². The van der Waals surface area contributed by atoms with Gasteiger partial charge in [0.15, 0.2) is 5.96 Å². The van der Waals surface area contributed by atoms with Crippen LogP contribution >= 0.6 is 24.0 Å². The average Bonchev–Trinajstić information content (AvgIpc) is 2.46. The van der Waals surface area contributed by atoms with Crippen LogP contribution in [0.1, 0.15) is 39.3 Å². The van der Waals surface area contributed by atoms with Crippen LogP contribution in [-0.4, -0.2) is 36.5 Å². The molecule has 0 aliphatic heterocycles. The van der Waals surface area contributed by atoms with Crippen molar-refractivity contribution in [2.45, 2.75) is 40.5 Å². The largest absolute Gasteiger partial charge is 0.357 e. The van der Waals surface area contributed by atoms with Gasteiger partial charge in [0.1, 0.15) is 5.82 Å². The number of amides is 1. The van der Waals surface area contributed by atoms with Crippen molar-refractivity contribution in [1.82, 2.24) is 15.6 Å². The minimum Gasteiger partial charge on any atom is -0.357 e. The summed E-state index contributed by atoms with van der Waals surface area (Å²) >= 11 is 0. The van der Waals surface area contributed by atoms with E-state index in [0.717, 1.165) is 31.2 Å². The van der Waals surface area contributed by atoms with Gasteiger partial charge in [0.2, 0.25) is 5.91 Å². The molecule has 0 aromatic carbocycles. The molecular formula is C17H30IN5O. The van der Waals surface area contributed by atoms with Crippen LogP contribution in [0.25, 0.3) is 0 Å². The van der Waals surface area contributed by atoms with Crippen LogP contribution < -0.4 is 16.0 Å². The fourth-order valence-electron chi connectivity index (χ4n) is 1.89. The molecule has 1 amide bonds. The van der Waals surface area contributed by atoms with Crippen LogP contribution in [0.5, 0.6) is 0 Å². The number of carbonyl (C=O) groups excluding carboxylic acids is 1. The molecule has 0 aliphatic carbocycles. The van der Waals surface area contributed by atoms with Crippen molar-refractivity contribution in [3.05, 3.63) is 23.9 Å². The quantitative estimate of drug-likeness (QED) is 0.325. The molecule has 0 aliphatic rings. The van der Waals surface area contributed by atoms with Crippen molar-refractivity contribution in [3.63, 3.8) is 0 Å². The van der Waals surface area contributed by atoms with Crippen LogP contribution in [-0.2, 0) is 4.79 Å². The van der Waals surface area contributed by atoms with Gasteiger partial charge in [-0.15, -0.1) is 24.0 Å². The molecule has 1 rings (SSSR count). The van der Waals surface area contributed by atoms with Gasteiger partial charge in [0, 0.05) is 31.7 Å². The van der Waals surface area contributed by atoms with Crippen LogP contribution in [0, 0.1) is 12.8 Å². The number of aryl methyl sites for hydroxylation is 1. The van der Waals surface area contributed by atoms with Gasteiger partial charge in [-0.3, -0.25) is 9.79 Å². The van der Waals surface area contributed by atoms with Crippen molar-refractivity contribution < 1.29 is 4.79 Å². The van der Waals surface area contributed by atoms with E-state index in [-0.39, 0.29) is 29.9 Å². The second kappa shape index (κ2) is 13.0. The summed E-state index contributed by atoms with van der Waals surface area (Å²) < 4.78 is 0. The summed E-state index contributed by atoms with van der Waals surface area (Å²) in [5, 5.41) is 9.16. The Balaban J connectivity index is 0.00000529. The number of nitrogens with one attached hydrogen (secondary N) is 3. The molecule has 3 N–H and O–H groups in total. The Morgan fingerprint density at radius 3 is 2.67 bits per heavy atom. The first-order valence-electron chi connectivity index (χ1n) is 8.27. The first-order valence-corrected chi connectivity index (χ1v) is 8.27. The highest BCUT2D eigenvalue weighted by molar-refractivity contribution is 14.0. The molecule has 0 saturated heterocycles. The summed E-state index contributed by atoms with van der Waals surface area (Å²) in [7, 11) is 0. The standard InChI is InChI=1S/C17H29N5O.HI/c1-5-18-17(19-11-9-13(2)3)20-12-10-16(23)22-15-8-6-7-14(4)21-15;/h6-8,13H,5,9-12H2,1-4H3,(H2,18,19,20)(H,21,22,23);1H. The van der Waals surface area contributed by atoms with Crippen molar-refractivity contribution in [2.24, 2.45) is 10.9 Å². The van der Waals surface area contributed by atoms with Crippen molar-refractivity contribution in [1.29, 1.82) is 0 Å². The number of rotatable bonds is 8. The Morgan fingerprint density at radius 1 is 1.29 bits per heavy atom. The number of hydrogen-bond donors (Lipinski definition) is 3. The highest BCUT2D eigenvalue weighted by Crippen LogP contribution is 2.04. The van der Waals surface area contributed by atoms with Gasteiger partial charge in [0.25, 0.3) is 0 Å². The zero-order valence-electron chi connectivity index (χ0n) is 15.1. The predicted octanol–water partition coefficient (Wildman–Crippen LogP) is 2.94. The van der Waals surface area contributed by atoms with Crippen LogP contribution in [0.3, 0.4) is 0 Å². The molecule has 1 heterocycles. The third-order valence-corrected chi connectivity index (χ3v) is 3.12. The van der Waals surface area contributed by atoms with Gasteiger partial charge in [-0.25, -0.2) is 4.98 Å². The lowest BCUT2D eigenvalue weighted by Crippen LogP contribution is -2.38. The lowest BCUT2D eigenvalue weighted by Gasteiger charge is -2.11. The monoisotopic (exact) mass is 447 g/mol. The van der Waals surface area contributed by atoms with E-state index in [9.17, 15) is 4.79 Å². The van der Waals surface area contributed by atoms with Gasteiger partial charge in [-0.05, 0) is 38.3 Å². The number of halogens is 1. The smallest absolute Gasteiger partial charge is 0.227 e. The lowest BCUT2D eigenvalue weighted by molar-refractivity contribution is -0.116. The summed E-state index contributed by atoms with van der Waals surface area (Å²) in [4.78, 5) is 20.7. The van der Waals surface area contributed by atoms with E-state index >= 15 is 0 Å². The minimum atomic E-state index is -0.0615. The molecule has 24 heavy (non-hydrogen) atoms. The first kappa shape index (κ1) is 22.6. The van der Waals surface area contributed by atoms with Crippen LogP contribution in [0.2, 0.25) is 0 Å². The summed E-state index contributed by atoms with van der Waals surface area (Å²) in [5.74, 6) is 1.92. The van der Waals surface area contributed by atoms with Crippen molar-refractivity contribution in [2.75, 3.05) is 25.0 Å². The maximum atomic E-state index is 11.9. The van der Waals surface area contributed by atoms with E-state index in [2.05, 4.69) is 39.8 Å². The molecule has 0 saturated carbocycles. The van der Waals surface area contributed by atoms with Gasteiger partial charge in [-0.2, -0.15) is 0 Å². The average molecular weight is 447 g/mol. The van der Waals surface area contributed by atoms with Gasteiger partial charge < -0.3 is 16.0 Å². The van der Waals surface area contributed by atoms with E-state index in [4.69, 9.17) is 0 Å². The molecule has 6 nitrogen and oxygen atoms in total. The third kappa shape index (κ3) is 10.4. The maximum Gasteiger partial charge on any atom is 0.227 e. The van der Waals surface area contributed by atoms with Gasteiger partial charge >= 0.3 is 0 Å².